The molecule has 0 spiro atoms. The normalized spacial score (nSPS) is 18.8. The zero-order valence-electron chi connectivity index (χ0n) is 10.4. The molecule has 106 valence electrons. The fourth-order valence-electron chi connectivity index (χ4n) is 1.91. The molecule has 1 aliphatic rings. The number of piperidine rings is 1. The Hall–Kier alpha value is -1.80. The molecule has 1 aromatic rings. The summed E-state index contributed by atoms with van der Waals surface area (Å²) in [6.07, 6.45) is 0.764. The molecular formula is C12H12BrN3O4. The first-order valence-corrected chi connectivity index (χ1v) is 6.76. The number of nitrogens with one attached hydrogen (secondary N) is 2. The summed E-state index contributed by atoms with van der Waals surface area (Å²) in [6, 6.07) is 4.03. The van der Waals surface area contributed by atoms with Crippen molar-refractivity contribution in [1.29, 1.82) is 0 Å². The molecular weight excluding hydrogens is 330 g/mol. The van der Waals surface area contributed by atoms with Crippen molar-refractivity contribution in [1.82, 2.24) is 10.6 Å². The Kier molecular flexibility index (Phi) is 4.46. The number of non-ortho nitro benzene ring substituents is 1. The monoisotopic (exact) mass is 341 g/mol. The van der Waals surface area contributed by atoms with E-state index in [9.17, 15) is 19.7 Å². The molecule has 8 heteroatoms. The third kappa shape index (κ3) is 3.40. The number of nitrogens with zero attached hydrogens (tertiary/aromatic N) is 1. The molecule has 1 aromatic carbocycles. The number of amides is 2. The second-order valence-corrected chi connectivity index (χ2v) is 5.27. The first kappa shape index (κ1) is 14.6. The van der Waals surface area contributed by atoms with Crippen molar-refractivity contribution in [3.63, 3.8) is 0 Å². The first-order valence-electron chi connectivity index (χ1n) is 5.97. The second-order valence-electron chi connectivity index (χ2n) is 4.42. The number of imide groups is 1. The van der Waals surface area contributed by atoms with Crippen molar-refractivity contribution in [3.05, 3.63) is 38.3 Å². The summed E-state index contributed by atoms with van der Waals surface area (Å²) in [4.78, 5) is 32.7. The minimum Gasteiger partial charge on any atom is -0.302 e. The van der Waals surface area contributed by atoms with E-state index < -0.39 is 11.0 Å². The van der Waals surface area contributed by atoms with Crippen LogP contribution in [0.3, 0.4) is 0 Å². The van der Waals surface area contributed by atoms with E-state index in [2.05, 4.69) is 26.6 Å². The number of benzene rings is 1. The van der Waals surface area contributed by atoms with E-state index in [4.69, 9.17) is 0 Å². The van der Waals surface area contributed by atoms with Gasteiger partial charge in [0.1, 0.15) is 0 Å². The van der Waals surface area contributed by atoms with Crippen molar-refractivity contribution in [3.8, 4) is 0 Å². The van der Waals surface area contributed by atoms with Crippen LogP contribution in [0, 0.1) is 10.1 Å². The van der Waals surface area contributed by atoms with Gasteiger partial charge in [0.2, 0.25) is 11.8 Å². The van der Waals surface area contributed by atoms with Gasteiger partial charge >= 0.3 is 0 Å². The van der Waals surface area contributed by atoms with E-state index in [1.807, 2.05) is 0 Å². The summed E-state index contributed by atoms with van der Waals surface area (Å²) >= 11 is 3.27. The Morgan fingerprint density at radius 1 is 1.45 bits per heavy atom. The number of halogens is 1. The Morgan fingerprint density at radius 2 is 2.20 bits per heavy atom. The highest BCUT2D eigenvalue weighted by atomic mass is 79.9. The molecule has 2 N–H and O–H groups in total. The van der Waals surface area contributed by atoms with E-state index in [1.165, 1.54) is 12.1 Å². The van der Waals surface area contributed by atoms with E-state index in [0.717, 1.165) is 5.56 Å². The highest BCUT2D eigenvalue weighted by molar-refractivity contribution is 9.10. The lowest BCUT2D eigenvalue weighted by Crippen LogP contribution is -2.50. The minimum atomic E-state index is -0.470. The van der Waals surface area contributed by atoms with Crippen LogP contribution in [0.1, 0.15) is 18.4 Å². The van der Waals surface area contributed by atoms with Gasteiger partial charge < -0.3 is 5.32 Å². The van der Waals surface area contributed by atoms with Crippen molar-refractivity contribution in [2.24, 2.45) is 0 Å². The van der Waals surface area contributed by atoms with Crippen molar-refractivity contribution < 1.29 is 14.5 Å². The number of carbonyl (C=O) groups excluding carboxylic acids is 2. The number of hydrogen-bond donors (Lipinski definition) is 2. The fourth-order valence-corrected chi connectivity index (χ4v) is 2.42. The topological polar surface area (TPSA) is 101 Å². The highest BCUT2D eigenvalue weighted by Crippen LogP contribution is 2.23. The molecule has 1 heterocycles. The molecule has 0 radical (unpaired) electrons. The first-order chi connectivity index (χ1) is 9.47. The highest BCUT2D eigenvalue weighted by Gasteiger charge is 2.26. The predicted octanol–water partition coefficient (Wildman–Crippen LogP) is 1.25. The summed E-state index contributed by atoms with van der Waals surface area (Å²) in [6.45, 7) is 0.380. The summed E-state index contributed by atoms with van der Waals surface area (Å²) in [5.74, 6) is -0.594. The molecule has 0 aromatic heterocycles. The number of carbonyl (C=O) groups is 2. The largest absolute Gasteiger partial charge is 0.302 e. The predicted molar refractivity (Wildman–Crippen MR) is 73.8 cm³/mol. The molecule has 20 heavy (non-hydrogen) atoms. The van der Waals surface area contributed by atoms with Crippen LogP contribution in [0.25, 0.3) is 0 Å². The van der Waals surface area contributed by atoms with Crippen LogP contribution >= 0.6 is 15.9 Å². The number of rotatable bonds is 4. The third-order valence-electron chi connectivity index (χ3n) is 3.03. The van der Waals surface area contributed by atoms with Crippen LogP contribution in [0.2, 0.25) is 0 Å². The van der Waals surface area contributed by atoms with Gasteiger partial charge in [0.15, 0.2) is 0 Å². The van der Waals surface area contributed by atoms with Gasteiger partial charge in [-0.3, -0.25) is 25.0 Å². The van der Waals surface area contributed by atoms with Crippen LogP contribution < -0.4 is 10.6 Å². The van der Waals surface area contributed by atoms with Gasteiger partial charge in [0, 0.05) is 29.6 Å². The van der Waals surface area contributed by atoms with Crippen molar-refractivity contribution in [2.75, 3.05) is 0 Å². The van der Waals surface area contributed by atoms with Gasteiger partial charge in [-0.25, -0.2) is 0 Å². The van der Waals surface area contributed by atoms with Gasteiger partial charge in [-0.15, -0.1) is 0 Å². The smallest absolute Gasteiger partial charge is 0.270 e. The molecule has 1 atom stereocenters. The van der Waals surface area contributed by atoms with Crippen LogP contribution in [-0.4, -0.2) is 22.8 Å². The summed E-state index contributed by atoms with van der Waals surface area (Å²) < 4.78 is 0.603. The van der Waals surface area contributed by atoms with Gasteiger partial charge in [0.05, 0.1) is 11.0 Å². The van der Waals surface area contributed by atoms with Crippen LogP contribution in [0.5, 0.6) is 0 Å². The lowest BCUT2D eigenvalue weighted by Gasteiger charge is -2.22. The zero-order chi connectivity index (χ0) is 14.7. The van der Waals surface area contributed by atoms with Crippen LogP contribution in [0.4, 0.5) is 5.69 Å². The average molecular weight is 342 g/mol. The fraction of sp³-hybridized carbons (Fsp3) is 0.333. The lowest BCUT2D eigenvalue weighted by molar-refractivity contribution is -0.384. The Morgan fingerprint density at radius 3 is 2.80 bits per heavy atom. The molecule has 2 rings (SSSR count). The summed E-state index contributed by atoms with van der Waals surface area (Å²) in [7, 11) is 0. The van der Waals surface area contributed by atoms with E-state index in [1.54, 1.807) is 6.07 Å². The molecule has 0 aliphatic carbocycles. The molecule has 1 aliphatic heterocycles. The average Bonchev–Trinajstić information content (AvgIpc) is 2.38. The quantitative estimate of drug-likeness (QED) is 0.487. The van der Waals surface area contributed by atoms with Gasteiger partial charge in [-0.1, -0.05) is 15.9 Å². The van der Waals surface area contributed by atoms with Gasteiger partial charge in [-0.05, 0) is 18.1 Å². The van der Waals surface area contributed by atoms with Crippen molar-refractivity contribution >= 4 is 33.4 Å². The Balaban J connectivity index is 1.99. The summed E-state index contributed by atoms with van der Waals surface area (Å²) in [5, 5.41) is 15.9. The minimum absolute atomic E-state index is 0.00151. The Bertz CT molecular complexity index is 576. The van der Waals surface area contributed by atoms with Crippen LogP contribution in [0.15, 0.2) is 22.7 Å². The van der Waals surface area contributed by atoms with Gasteiger partial charge in [0.25, 0.3) is 5.69 Å². The number of hydrogen-bond acceptors (Lipinski definition) is 5. The SMILES string of the molecule is O=C1CCC(NCc2ccc([N+](=O)[O-])cc2Br)C(=O)N1. The number of nitro groups is 1. The molecule has 1 saturated heterocycles. The summed E-state index contributed by atoms with van der Waals surface area (Å²) in [5.41, 5.74) is 0.807. The molecule has 1 unspecified atom stereocenters. The molecule has 7 nitrogen and oxygen atoms in total. The molecule has 2 amide bonds. The maximum atomic E-state index is 11.6. The molecule has 1 fully saturated rings. The molecule has 0 bridgehead atoms. The molecule has 0 saturated carbocycles. The van der Waals surface area contributed by atoms with E-state index in [-0.39, 0.29) is 17.5 Å². The number of nitro benzene ring substituents is 1. The van der Waals surface area contributed by atoms with E-state index >= 15 is 0 Å². The zero-order valence-corrected chi connectivity index (χ0v) is 12.0. The van der Waals surface area contributed by atoms with Crippen LogP contribution in [-0.2, 0) is 16.1 Å². The second kappa shape index (κ2) is 6.10. The third-order valence-corrected chi connectivity index (χ3v) is 3.76. The lowest BCUT2D eigenvalue weighted by atomic mass is 10.1. The van der Waals surface area contributed by atoms with Gasteiger partial charge in [-0.2, -0.15) is 0 Å². The standard InChI is InChI=1S/C12H12BrN3O4/c13-9-5-8(16(19)20)2-1-7(9)6-14-10-3-4-11(17)15-12(10)18/h1-2,5,10,14H,3-4,6H2,(H,15,17,18). The van der Waals surface area contributed by atoms with E-state index in [0.29, 0.717) is 23.9 Å². The van der Waals surface area contributed by atoms with Crippen molar-refractivity contribution in [2.45, 2.75) is 25.4 Å². The maximum absolute atomic E-state index is 11.6. The Labute approximate surface area is 123 Å². The maximum Gasteiger partial charge on any atom is 0.270 e.